The molecule has 0 aliphatic rings. The van der Waals surface area contributed by atoms with Crippen LogP contribution in [-0.4, -0.2) is 18.7 Å². The van der Waals surface area contributed by atoms with Crippen molar-refractivity contribution < 1.29 is 14.3 Å². The lowest BCUT2D eigenvalue weighted by molar-refractivity contribution is 0.0950. The van der Waals surface area contributed by atoms with Crippen molar-refractivity contribution in [1.82, 2.24) is 5.43 Å². The van der Waals surface area contributed by atoms with Gasteiger partial charge in [0.2, 0.25) is 0 Å². The smallest absolute Gasteiger partial charge is 0.275 e. The van der Waals surface area contributed by atoms with Crippen LogP contribution in [0.3, 0.4) is 0 Å². The molecule has 0 fully saturated rings. The van der Waals surface area contributed by atoms with Gasteiger partial charge in [-0.1, -0.05) is 62.2 Å². The van der Waals surface area contributed by atoms with Gasteiger partial charge in [0.25, 0.3) is 5.91 Å². The van der Waals surface area contributed by atoms with E-state index in [1.54, 1.807) is 18.3 Å². The Bertz CT molecular complexity index is 1040. The third kappa shape index (κ3) is 6.18. The lowest BCUT2D eigenvalue weighted by atomic mass is 10.2. The number of nitrogens with one attached hydrogen (secondary N) is 1. The number of hydrogen-bond acceptors (Lipinski definition) is 4. The van der Waals surface area contributed by atoms with Crippen LogP contribution in [-0.2, 0) is 6.61 Å². The lowest BCUT2D eigenvalue weighted by Crippen LogP contribution is -2.19. The van der Waals surface area contributed by atoms with Crippen LogP contribution in [0.2, 0.25) is 0 Å². The minimum Gasteiger partial charge on any atom is -0.493 e. The Kier molecular flexibility index (Phi) is 8.04. The van der Waals surface area contributed by atoms with Gasteiger partial charge in [0.15, 0.2) is 0 Å². The molecule has 0 unspecified atom stereocenters. The summed E-state index contributed by atoms with van der Waals surface area (Å²) in [6, 6.07) is 20.7. The van der Waals surface area contributed by atoms with Gasteiger partial charge >= 0.3 is 0 Å². The first-order valence-electron chi connectivity index (χ1n) is 9.29. The fourth-order valence-corrected chi connectivity index (χ4v) is 3.41. The van der Waals surface area contributed by atoms with E-state index in [0.29, 0.717) is 30.3 Å². The molecule has 3 aromatic rings. The van der Waals surface area contributed by atoms with Crippen LogP contribution in [0.1, 0.15) is 28.4 Å². The largest absolute Gasteiger partial charge is 0.493 e. The molecule has 0 aliphatic heterocycles. The van der Waals surface area contributed by atoms with Gasteiger partial charge in [0.1, 0.15) is 18.1 Å². The number of benzene rings is 3. The van der Waals surface area contributed by atoms with Crippen molar-refractivity contribution in [3.8, 4) is 11.5 Å². The monoisotopic (exact) mass is 530 g/mol. The van der Waals surface area contributed by atoms with E-state index in [4.69, 9.17) is 9.47 Å². The predicted octanol–water partition coefficient (Wildman–Crippen LogP) is 5.95. The molecule has 0 atom stereocenters. The maximum Gasteiger partial charge on any atom is 0.275 e. The van der Waals surface area contributed by atoms with Gasteiger partial charge in [-0.2, -0.15) is 5.10 Å². The average molecular weight is 532 g/mol. The molecule has 0 saturated heterocycles. The highest BCUT2D eigenvalue weighted by Gasteiger charge is 2.13. The maximum absolute atomic E-state index is 12.7. The van der Waals surface area contributed by atoms with Crippen LogP contribution in [0.4, 0.5) is 0 Å². The van der Waals surface area contributed by atoms with Crippen LogP contribution in [0, 0.1) is 0 Å². The molecule has 30 heavy (non-hydrogen) atoms. The van der Waals surface area contributed by atoms with Gasteiger partial charge in [0.05, 0.1) is 18.4 Å². The Morgan fingerprint density at radius 2 is 1.67 bits per heavy atom. The van der Waals surface area contributed by atoms with E-state index in [1.807, 2.05) is 61.5 Å². The molecule has 1 amide bonds. The Labute approximate surface area is 192 Å². The van der Waals surface area contributed by atoms with Crippen molar-refractivity contribution in [2.75, 3.05) is 6.61 Å². The molecule has 0 bridgehead atoms. The van der Waals surface area contributed by atoms with E-state index >= 15 is 0 Å². The minimum atomic E-state index is -0.372. The SMILES string of the molecule is CCOc1ccc(Br)cc1C=NNC(=O)c1cc(Br)ccc1OCc1ccccc1. The molecular weight excluding hydrogens is 512 g/mol. The number of amides is 1. The molecule has 0 radical (unpaired) electrons. The summed E-state index contributed by atoms with van der Waals surface area (Å²) in [6.07, 6.45) is 1.55. The van der Waals surface area contributed by atoms with Crippen molar-refractivity contribution >= 4 is 44.0 Å². The number of hydrogen-bond donors (Lipinski definition) is 1. The Hall–Kier alpha value is -2.64. The summed E-state index contributed by atoms with van der Waals surface area (Å²) in [4.78, 5) is 12.7. The molecular formula is C23H20Br2N2O3. The van der Waals surface area contributed by atoms with E-state index in [9.17, 15) is 4.79 Å². The molecule has 5 nitrogen and oxygen atoms in total. The van der Waals surface area contributed by atoms with Crippen molar-refractivity contribution in [2.24, 2.45) is 5.10 Å². The molecule has 3 rings (SSSR count). The third-order valence-electron chi connectivity index (χ3n) is 4.06. The summed E-state index contributed by atoms with van der Waals surface area (Å²) >= 11 is 6.84. The standard InChI is InChI=1S/C23H20Br2N2O3/c1-2-29-21-10-8-18(24)12-17(21)14-26-27-23(28)20-13-19(25)9-11-22(20)30-15-16-6-4-3-5-7-16/h3-14H,2,15H2,1H3,(H,27,28). The average Bonchev–Trinajstić information content (AvgIpc) is 2.75. The van der Waals surface area contributed by atoms with E-state index in [2.05, 4.69) is 42.4 Å². The molecule has 0 saturated carbocycles. The fraction of sp³-hybridized carbons (Fsp3) is 0.130. The zero-order chi connectivity index (χ0) is 21.3. The van der Waals surface area contributed by atoms with E-state index < -0.39 is 0 Å². The van der Waals surface area contributed by atoms with Gasteiger partial charge in [0, 0.05) is 14.5 Å². The highest BCUT2D eigenvalue weighted by molar-refractivity contribution is 9.10. The van der Waals surface area contributed by atoms with Crippen molar-refractivity contribution in [3.05, 3.63) is 92.4 Å². The molecule has 0 heterocycles. The van der Waals surface area contributed by atoms with Gasteiger partial charge in [-0.25, -0.2) is 5.43 Å². The van der Waals surface area contributed by atoms with Crippen LogP contribution in [0.5, 0.6) is 11.5 Å². The summed E-state index contributed by atoms with van der Waals surface area (Å²) in [5.41, 5.74) is 4.71. The normalized spacial score (nSPS) is 10.8. The third-order valence-corrected chi connectivity index (χ3v) is 5.05. The number of ether oxygens (including phenoxy) is 2. The first-order valence-corrected chi connectivity index (χ1v) is 10.9. The summed E-state index contributed by atoms with van der Waals surface area (Å²) in [7, 11) is 0. The summed E-state index contributed by atoms with van der Waals surface area (Å²) in [5, 5.41) is 4.09. The van der Waals surface area contributed by atoms with Gasteiger partial charge in [-0.3, -0.25) is 4.79 Å². The first kappa shape index (κ1) is 22.1. The van der Waals surface area contributed by atoms with Crippen molar-refractivity contribution in [1.29, 1.82) is 0 Å². The molecule has 7 heteroatoms. The molecule has 3 aromatic carbocycles. The van der Waals surface area contributed by atoms with E-state index in [1.165, 1.54) is 0 Å². The molecule has 154 valence electrons. The minimum absolute atomic E-state index is 0.363. The van der Waals surface area contributed by atoms with Crippen molar-refractivity contribution in [2.45, 2.75) is 13.5 Å². The summed E-state index contributed by atoms with van der Waals surface area (Å²) < 4.78 is 13.1. The van der Waals surface area contributed by atoms with Crippen LogP contribution in [0.15, 0.2) is 80.8 Å². The number of carbonyl (C=O) groups is 1. The second-order valence-electron chi connectivity index (χ2n) is 6.23. The second-order valence-corrected chi connectivity index (χ2v) is 8.06. The Morgan fingerprint density at radius 1 is 0.967 bits per heavy atom. The fourth-order valence-electron chi connectivity index (χ4n) is 2.67. The number of rotatable bonds is 8. The molecule has 1 N–H and O–H groups in total. The molecule has 0 aromatic heterocycles. The summed E-state index contributed by atoms with van der Waals surface area (Å²) in [6.45, 7) is 2.81. The number of carbonyl (C=O) groups excluding carboxylic acids is 1. The number of nitrogens with zero attached hydrogens (tertiary/aromatic N) is 1. The molecule has 0 spiro atoms. The Morgan fingerprint density at radius 3 is 2.40 bits per heavy atom. The first-order chi connectivity index (χ1) is 14.6. The van der Waals surface area contributed by atoms with Crippen LogP contribution >= 0.6 is 31.9 Å². The van der Waals surface area contributed by atoms with E-state index in [0.717, 1.165) is 20.1 Å². The van der Waals surface area contributed by atoms with Crippen molar-refractivity contribution in [3.63, 3.8) is 0 Å². The van der Waals surface area contributed by atoms with Gasteiger partial charge < -0.3 is 9.47 Å². The zero-order valence-electron chi connectivity index (χ0n) is 16.3. The molecule has 0 aliphatic carbocycles. The van der Waals surface area contributed by atoms with Gasteiger partial charge in [-0.05, 0) is 48.9 Å². The maximum atomic E-state index is 12.7. The van der Waals surface area contributed by atoms with Crippen LogP contribution < -0.4 is 14.9 Å². The number of halogens is 2. The highest BCUT2D eigenvalue weighted by atomic mass is 79.9. The highest BCUT2D eigenvalue weighted by Crippen LogP contribution is 2.25. The second kappa shape index (κ2) is 10.9. The Balaban J connectivity index is 1.73. The van der Waals surface area contributed by atoms with E-state index in [-0.39, 0.29) is 5.91 Å². The lowest BCUT2D eigenvalue weighted by Gasteiger charge is -2.11. The van der Waals surface area contributed by atoms with Gasteiger partial charge in [-0.15, -0.1) is 0 Å². The quantitative estimate of drug-likeness (QED) is 0.288. The zero-order valence-corrected chi connectivity index (χ0v) is 19.4. The summed E-state index contributed by atoms with van der Waals surface area (Å²) in [5.74, 6) is 0.795. The topological polar surface area (TPSA) is 59.9 Å². The number of hydrazone groups is 1. The predicted molar refractivity (Wildman–Crippen MR) is 125 cm³/mol. The van der Waals surface area contributed by atoms with Crippen LogP contribution in [0.25, 0.3) is 0 Å².